The Morgan fingerprint density at radius 2 is 2.14 bits per heavy atom. The first kappa shape index (κ1) is 12.1. The number of hydrogen-bond donors (Lipinski definition) is 1. The molecular weight excluding hydrogens is 285 g/mol. The first-order chi connectivity index (χ1) is 6.74. The van der Waals surface area contributed by atoms with Crippen molar-refractivity contribution in [2.24, 2.45) is 0 Å². The fourth-order valence-electron chi connectivity index (χ4n) is 0.997. The van der Waals surface area contributed by atoms with Crippen molar-refractivity contribution in [3.63, 3.8) is 0 Å². The van der Waals surface area contributed by atoms with E-state index >= 15 is 0 Å². The van der Waals surface area contributed by atoms with E-state index in [4.69, 9.17) is 23.2 Å². The summed E-state index contributed by atoms with van der Waals surface area (Å²) in [5.41, 5.74) is 2.57. The molecule has 0 radical (unpaired) electrons. The van der Waals surface area contributed by atoms with Gasteiger partial charge in [-0.05, 0) is 11.6 Å². The van der Waals surface area contributed by atoms with E-state index in [-0.39, 0.29) is 0 Å². The van der Waals surface area contributed by atoms with Crippen molar-refractivity contribution in [2.75, 3.05) is 6.54 Å². The predicted octanol–water partition coefficient (Wildman–Crippen LogP) is 3.86. The molecule has 0 heterocycles. The van der Waals surface area contributed by atoms with E-state index in [1.54, 1.807) is 0 Å². The van der Waals surface area contributed by atoms with Crippen molar-refractivity contribution < 1.29 is 0 Å². The second-order valence-electron chi connectivity index (χ2n) is 2.75. The Bertz CT molecular complexity index is 326. The first-order valence-electron chi connectivity index (χ1n) is 4.13. The van der Waals surface area contributed by atoms with Crippen LogP contribution in [-0.4, -0.2) is 6.54 Å². The lowest BCUT2D eigenvalue weighted by Crippen LogP contribution is -2.14. The molecule has 0 amide bonds. The maximum Gasteiger partial charge on any atom is 0.0432 e. The highest BCUT2D eigenvalue weighted by molar-refractivity contribution is 9.10. The summed E-state index contributed by atoms with van der Waals surface area (Å²) in [6.07, 6.45) is 0. The summed E-state index contributed by atoms with van der Waals surface area (Å²) in [5, 5.41) is 3.79. The zero-order valence-corrected chi connectivity index (χ0v) is 10.5. The molecule has 4 heteroatoms. The van der Waals surface area contributed by atoms with Crippen molar-refractivity contribution in [3.8, 4) is 0 Å². The largest absolute Gasteiger partial charge is 0.308 e. The van der Waals surface area contributed by atoms with E-state index in [1.165, 1.54) is 11.1 Å². The molecular formula is C10H10BrCl2N. The average molecular weight is 295 g/mol. The summed E-state index contributed by atoms with van der Waals surface area (Å²) in [6.45, 7) is 1.36. The van der Waals surface area contributed by atoms with Crippen molar-refractivity contribution in [1.29, 1.82) is 0 Å². The second-order valence-corrected chi connectivity index (χ2v) is 4.31. The van der Waals surface area contributed by atoms with Crippen LogP contribution in [0.5, 0.6) is 0 Å². The van der Waals surface area contributed by atoms with Gasteiger partial charge in [0.15, 0.2) is 0 Å². The zero-order valence-electron chi connectivity index (χ0n) is 7.43. The summed E-state index contributed by atoms with van der Waals surface area (Å²) in [5.74, 6) is 0. The molecule has 0 aliphatic carbocycles. The van der Waals surface area contributed by atoms with Crippen LogP contribution in [-0.2, 0) is 6.54 Å². The highest BCUT2D eigenvalue weighted by Crippen LogP contribution is 2.15. The standard InChI is InChI=1S/C10H10BrCl2N/c11-10-4-2-1-3-8(10)6-14-7-9(13)5-12/h1-5,14H,6-7H2. The average Bonchev–Trinajstić information content (AvgIpc) is 2.20. The van der Waals surface area contributed by atoms with Gasteiger partial charge in [0.1, 0.15) is 0 Å². The van der Waals surface area contributed by atoms with Crippen molar-refractivity contribution in [2.45, 2.75) is 6.54 Å². The molecule has 0 atom stereocenters. The third-order valence-electron chi connectivity index (χ3n) is 1.69. The molecule has 1 N–H and O–H groups in total. The van der Waals surface area contributed by atoms with Crippen LogP contribution in [0.1, 0.15) is 5.56 Å². The number of benzene rings is 1. The first-order valence-corrected chi connectivity index (χ1v) is 5.73. The summed E-state index contributed by atoms with van der Waals surface area (Å²) in [6, 6.07) is 8.05. The van der Waals surface area contributed by atoms with Crippen LogP contribution in [0.4, 0.5) is 0 Å². The monoisotopic (exact) mass is 293 g/mol. The molecule has 14 heavy (non-hydrogen) atoms. The molecule has 0 bridgehead atoms. The quantitative estimate of drug-likeness (QED) is 0.889. The molecule has 0 aromatic heterocycles. The van der Waals surface area contributed by atoms with Gasteiger partial charge in [-0.1, -0.05) is 57.3 Å². The molecule has 1 rings (SSSR count). The van der Waals surface area contributed by atoms with Crippen LogP contribution in [0.2, 0.25) is 0 Å². The van der Waals surface area contributed by atoms with Gasteiger partial charge < -0.3 is 5.32 Å². The van der Waals surface area contributed by atoms with Gasteiger partial charge in [-0.2, -0.15) is 0 Å². The van der Waals surface area contributed by atoms with Gasteiger partial charge in [0, 0.05) is 28.1 Å². The van der Waals surface area contributed by atoms with E-state index < -0.39 is 0 Å². The van der Waals surface area contributed by atoms with Gasteiger partial charge in [-0.15, -0.1) is 0 Å². The Hall–Kier alpha value is -0.0200. The van der Waals surface area contributed by atoms with E-state index in [2.05, 4.69) is 27.3 Å². The summed E-state index contributed by atoms with van der Waals surface area (Å²) in [4.78, 5) is 0. The maximum atomic E-state index is 5.73. The lowest BCUT2D eigenvalue weighted by Gasteiger charge is -2.05. The molecule has 1 nitrogen and oxygen atoms in total. The topological polar surface area (TPSA) is 12.0 Å². The van der Waals surface area contributed by atoms with E-state index in [9.17, 15) is 0 Å². The van der Waals surface area contributed by atoms with Gasteiger partial charge in [0.05, 0.1) is 0 Å². The predicted molar refractivity (Wildman–Crippen MR) is 65.6 cm³/mol. The molecule has 76 valence electrons. The van der Waals surface area contributed by atoms with Crippen molar-refractivity contribution >= 4 is 39.1 Å². The zero-order chi connectivity index (χ0) is 10.4. The summed E-state index contributed by atoms with van der Waals surface area (Å²) >= 11 is 14.6. The van der Waals surface area contributed by atoms with Gasteiger partial charge >= 0.3 is 0 Å². The SMILES string of the molecule is ClC=C(Cl)CNCc1ccccc1Br. The van der Waals surface area contributed by atoms with Gasteiger partial charge in [-0.25, -0.2) is 0 Å². The molecule has 0 saturated carbocycles. The normalized spacial score (nSPS) is 11.8. The smallest absolute Gasteiger partial charge is 0.0432 e. The molecule has 0 spiro atoms. The highest BCUT2D eigenvalue weighted by Gasteiger charge is 1.97. The molecule has 1 aromatic rings. The number of rotatable bonds is 4. The van der Waals surface area contributed by atoms with E-state index in [1.807, 2.05) is 18.2 Å². The summed E-state index contributed by atoms with van der Waals surface area (Å²) in [7, 11) is 0. The molecule has 0 aliphatic heterocycles. The Labute approximate surface area is 102 Å². The van der Waals surface area contributed by atoms with E-state index in [0.29, 0.717) is 11.6 Å². The maximum absolute atomic E-state index is 5.73. The minimum absolute atomic E-state index is 0.590. The fraction of sp³-hybridized carbons (Fsp3) is 0.200. The van der Waals surface area contributed by atoms with Crippen LogP contribution in [0, 0.1) is 0 Å². The minimum atomic E-state index is 0.590. The highest BCUT2D eigenvalue weighted by atomic mass is 79.9. The minimum Gasteiger partial charge on any atom is -0.308 e. The number of halogens is 3. The van der Waals surface area contributed by atoms with Crippen LogP contribution < -0.4 is 5.32 Å². The third-order valence-corrected chi connectivity index (χ3v) is 3.08. The number of nitrogens with one attached hydrogen (secondary N) is 1. The van der Waals surface area contributed by atoms with Crippen molar-refractivity contribution in [1.82, 2.24) is 5.32 Å². The van der Waals surface area contributed by atoms with Crippen molar-refractivity contribution in [3.05, 3.63) is 44.9 Å². The van der Waals surface area contributed by atoms with Crippen LogP contribution in [0.15, 0.2) is 39.3 Å². The lowest BCUT2D eigenvalue weighted by molar-refractivity contribution is 0.752. The van der Waals surface area contributed by atoms with Crippen LogP contribution in [0.3, 0.4) is 0 Å². The van der Waals surface area contributed by atoms with Gasteiger partial charge in [0.25, 0.3) is 0 Å². The Morgan fingerprint density at radius 1 is 1.43 bits per heavy atom. The summed E-state index contributed by atoms with van der Waals surface area (Å²) < 4.78 is 1.10. The van der Waals surface area contributed by atoms with Gasteiger partial charge in [0.2, 0.25) is 0 Å². The molecule has 0 unspecified atom stereocenters. The van der Waals surface area contributed by atoms with E-state index in [0.717, 1.165) is 11.0 Å². The van der Waals surface area contributed by atoms with Crippen LogP contribution in [0.25, 0.3) is 0 Å². The lowest BCUT2D eigenvalue weighted by atomic mass is 10.2. The molecule has 0 saturated heterocycles. The van der Waals surface area contributed by atoms with Crippen LogP contribution >= 0.6 is 39.1 Å². The second kappa shape index (κ2) is 6.46. The Kier molecular flexibility index (Phi) is 5.56. The molecule has 0 aliphatic rings. The fourth-order valence-corrected chi connectivity index (χ4v) is 1.59. The third kappa shape index (κ3) is 4.01. The number of hydrogen-bond acceptors (Lipinski definition) is 1. The Balaban J connectivity index is 2.43. The molecule has 0 fully saturated rings. The van der Waals surface area contributed by atoms with Gasteiger partial charge in [-0.3, -0.25) is 0 Å². The molecule has 1 aromatic carbocycles. The Morgan fingerprint density at radius 3 is 2.79 bits per heavy atom.